The summed E-state index contributed by atoms with van der Waals surface area (Å²) in [5, 5.41) is 0. The molecule has 0 aliphatic rings. The Balaban J connectivity index is 4.16. The molecule has 0 aliphatic heterocycles. The summed E-state index contributed by atoms with van der Waals surface area (Å²) in [6, 6.07) is 0. The normalized spacial score (nSPS) is 12.7. The molecule has 0 fully saturated rings. The molecule has 0 aliphatic carbocycles. The van der Waals surface area contributed by atoms with Crippen molar-refractivity contribution < 1.29 is 14.3 Å². The van der Waals surface area contributed by atoms with Gasteiger partial charge < -0.3 is 4.74 Å². The Labute approximate surface area is 110 Å². The molecule has 0 amide bonds. The lowest BCUT2D eigenvalue weighted by Crippen LogP contribution is -2.23. The Morgan fingerprint density at radius 3 is 2.33 bits per heavy atom. The molecular weight excluding hydrogens is 228 g/mol. The van der Waals surface area contributed by atoms with Crippen molar-refractivity contribution in [2.45, 2.75) is 40.0 Å². The predicted molar refractivity (Wildman–Crippen MR) is 72.9 cm³/mol. The van der Waals surface area contributed by atoms with Gasteiger partial charge in [0, 0.05) is 0 Å². The van der Waals surface area contributed by atoms with Crippen LogP contribution in [0.1, 0.15) is 40.0 Å². The van der Waals surface area contributed by atoms with Gasteiger partial charge >= 0.3 is 5.97 Å². The van der Waals surface area contributed by atoms with Gasteiger partial charge in [-0.05, 0) is 32.1 Å². The first kappa shape index (κ1) is 16.6. The van der Waals surface area contributed by atoms with Gasteiger partial charge in [0.1, 0.15) is 11.7 Å². The van der Waals surface area contributed by atoms with Gasteiger partial charge in [-0.15, -0.1) is 0 Å². The fraction of sp³-hybridized carbons (Fsp3) is 0.533. The molecule has 0 aromatic rings. The summed E-state index contributed by atoms with van der Waals surface area (Å²) < 4.78 is 4.61. The van der Waals surface area contributed by atoms with Gasteiger partial charge in [-0.25, -0.2) is 0 Å². The van der Waals surface area contributed by atoms with Crippen molar-refractivity contribution in [1.29, 1.82) is 0 Å². The Hall–Kier alpha value is -1.38. The molecule has 1 atom stereocenters. The summed E-state index contributed by atoms with van der Waals surface area (Å²) in [6.45, 7) is 9.42. The van der Waals surface area contributed by atoms with E-state index >= 15 is 0 Å². The van der Waals surface area contributed by atoms with Crippen LogP contribution in [0.5, 0.6) is 0 Å². The monoisotopic (exact) mass is 251 g/mol. The SMILES string of the molecule is C=C(CC=C[C](C)C)CCC(C(C)=O)C(=O)OC. The van der Waals surface area contributed by atoms with Crippen LogP contribution in [0.15, 0.2) is 24.3 Å². The van der Waals surface area contributed by atoms with E-state index in [0.29, 0.717) is 12.8 Å². The zero-order valence-electron chi connectivity index (χ0n) is 11.8. The van der Waals surface area contributed by atoms with Gasteiger partial charge in [0.15, 0.2) is 0 Å². The lowest BCUT2D eigenvalue weighted by molar-refractivity contribution is -0.149. The number of ether oxygens (including phenoxy) is 1. The van der Waals surface area contributed by atoms with Gasteiger partial charge in [0.2, 0.25) is 0 Å². The number of ketones is 1. The summed E-state index contributed by atoms with van der Waals surface area (Å²) in [4.78, 5) is 22.7. The average Bonchev–Trinajstić information content (AvgIpc) is 2.27. The minimum Gasteiger partial charge on any atom is -0.468 e. The highest BCUT2D eigenvalue weighted by Crippen LogP contribution is 2.16. The Bertz CT molecular complexity index is 327. The smallest absolute Gasteiger partial charge is 0.316 e. The fourth-order valence-corrected chi connectivity index (χ4v) is 1.54. The Kier molecular flexibility index (Phi) is 8.01. The maximum atomic E-state index is 11.4. The molecule has 0 N–H and O–H groups in total. The molecule has 0 aromatic heterocycles. The van der Waals surface area contributed by atoms with E-state index in [1.165, 1.54) is 20.0 Å². The number of carbonyl (C=O) groups excluding carboxylic acids is 2. The third-order valence-electron chi connectivity index (χ3n) is 2.62. The molecule has 3 nitrogen and oxygen atoms in total. The highest BCUT2D eigenvalue weighted by Gasteiger charge is 2.23. The van der Waals surface area contributed by atoms with E-state index in [9.17, 15) is 9.59 Å². The van der Waals surface area contributed by atoms with Crippen molar-refractivity contribution in [3.63, 3.8) is 0 Å². The number of esters is 1. The molecule has 0 saturated heterocycles. The Morgan fingerprint density at radius 2 is 1.89 bits per heavy atom. The van der Waals surface area contributed by atoms with Crippen LogP contribution in [0.3, 0.4) is 0 Å². The van der Waals surface area contributed by atoms with Crippen molar-refractivity contribution in [2.24, 2.45) is 5.92 Å². The van der Waals surface area contributed by atoms with Gasteiger partial charge in [0.05, 0.1) is 7.11 Å². The maximum Gasteiger partial charge on any atom is 0.316 e. The van der Waals surface area contributed by atoms with Crippen LogP contribution in [0.25, 0.3) is 0 Å². The van der Waals surface area contributed by atoms with Crippen LogP contribution in [-0.2, 0) is 14.3 Å². The van der Waals surface area contributed by atoms with E-state index in [-0.39, 0.29) is 5.78 Å². The molecule has 1 unspecified atom stereocenters. The third-order valence-corrected chi connectivity index (χ3v) is 2.62. The zero-order chi connectivity index (χ0) is 14.1. The predicted octanol–water partition coefficient (Wildman–Crippen LogP) is 3.26. The van der Waals surface area contributed by atoms with Gasteiger partial charge in [-0.1, -0.05) is 38.2 Å². The topological polar surface area (TPSA) is 43.4 Å². The minimum absolute atomic E-state index is 0.150. The molecule has 0 saturated carbocycles. The highest BCUT2D eigenvalue weighted by molar-refractivity contribution is 5.97. The standard InChI is InChI=1S/C15H23O3/c1-11(2)7-6-8-12(3)9-10-14(13(4)16)15(17)18-5/h6-7,14H,3,8-10H2,1-2,4-5H3. The average molecular weight is 251 g/mol. The van der Waals surface area contributed by atoms with E-state index in [1.54, 1.807) is 0 Å². The van der Waals surface area contributed by atoms with Crippen LogP contribution in [0, 0.1) is 11.8 Å². The molecular formula is C15H23O3. The summed E-state index contributed by atoms with van der Waals surface area (Å²) in [5.74, 6) is -0.0271. The molecule has 101 valence electrons. The zero-order valence-corrected chi connectivity index (χ0v) is 11.8. The van der Waals surface area contributed by atoms with Crippen LogP contribution in [-0.4, -0.2) is 18.9 Å². The summed E-state index contributed by atoms with van der Waals surface area (Å²) >= 11 is 0. The van der Waals surface area contributed by atoms with Crippen LogP contribution < -0.4 is 0 Å². The molecule has 3 heteroatoms. The van der Waals surface area contributed by atoms with Gasteiger partial charge in [0.25, 0.3) is 0 Å². The van der Waals surface area contributed by atoms with Crippen LogP contribution >= 0.6 is 0 Å². The van der Waals surface area contributed by atoms with E-state index in [2.05, 4.69) is 11.3 Å². The van der Waals surface area contributed by atoms with Crippen molar-refractivity contribution in [1.82, 2.24) is 0 Å². The number of hydrogen-bond acceptors (Lipinski definition) is 3. The van der Waals surface area contributed by atoms with Crippen molar-refractivity contribution >= 4 is 11.8 Å². The van der Waals surface area contributed by atoms with Crippen LogP contribution in [0.4, 0.5) is 0 Å². The molecule has 0 rings (SSSR count). The first-order valence-corrected chi connectivity index (χ1v) is 6.10. The van der Waals surface area contributed by atoms with Gasteiger partial charge in [-0.3, -0.25) is 9.59 Å². The minimum atomic E-state index is -0.657. The molecule has 1 radical (unpaired) electrons. The number of hydrogen-bond donors (Lipinski definition) is 0. The summed E-state index contributed by atoms with van der Waals surface area (Å²) in [5.41, 5.74) is 1.02. The summed E-state index contributed by atoms with van der Waals surface area (Å²) in [6.07, 6.45) is 5.99. The quantitative estimate of drug-likeness (QED) is 0.378. The summed E-state index contributed by atoms with van der Waals surface area (Å²) in [7, 11) is 1.30. The maximum absolute atomic E-state index is 11.4. The lowest BCUT2D eigenvalue weighted by atomic mass is 9.95. The van der Waals surface area contributed by atoms with E-state index < -0.39 is 11.9 Å². The van der Waals surface area contributed by atoms with Crippen molar-refractivity contribution in [3.05, 3.63) is 30.2 Å². The Morgan fingerprint density at radius 1 is 1.28 bits per heavy atom. The number of methoxy groups -OCH3 is 1. The van der Waals surface area contributed by atoms with E-state index in [4.69, 9.17) is 0 Å². The molecule has 18 heavy (non-hydrogen) atoms. The third kappa shape index (κ3) is 7.05. The van der Waals surface area contributed by atoms with Gasteiger partial charge in [-0.2, -0.15) is 0 Å². The lowest BCUT2D eigenvalue weighted by Gasteiger charge is -2.11. The first-order valence-electron chi connectivity index (χ1n) is 6.10. The second-order valence-corrected chi connectivity index (χ2v) is 4.66. The second kappa shape index (κ2) is 8.67. The van der Waals surface area contributed by atoms with Crippen molar-refractivity contribution in [2.75, 3.05) is 7.11 Å². The van der Waals surface area contributed by atoms with E-state index in [1.807, 2.05) is 26.0 Å². The highest BCUT2D eigenvalue weighted by atomic mass is 16.5. The molecule has 0 heterocycles. The number of allylic oxidation sites excluding steroid dienone is 3. The first-order chi connectivity index (χ1) is 8.38. The fourth-order valence-electron chi connectivity index (χ4n) is 1.54. The molecule has 0 spiro atoms. The second-order valence-electron chi connectivity index (χ2n) is 4.66. The van der Waals surface area contributed by atoms with Crippen LogP contribution in [0.2, 0.25) is 0 Å². The number of rotatable bonds is 8. The number of carbonyl (C=O) groups is 2. The van der Waals surface area contributed by atoms with E-state index in [0.717, 1.165) is 12.0 Å². The largest absolute Gasteiger partial charge is 0.468 e. The van der Waals surface area contributed by atoms with Crippen molar-refractivity contribution in [3.8, 4) is 0 Å². The molecule has 0 bridgehead atoms. The molecule has 0 aromatic carbocycles. The number of Topliss-reactive ketones (excluding diaryl/α,β-unsaturated/α-hetero) is 1.